The first-order valence-corrected chi connectivity index (χ1v) is 17.2. The molecule has 0 radical (unpaired) electrons. The van der Waals surface area contributed by atoms with E-state index in [0.717, 1.165) is 38.3 Å². The fraction of sp³-hybridized carbons (Fsp3) is 0.314. The average Bonchev–Trinajstić information content (AvgIpc) is 3.78. The van der Waals surface area contributed by atoms with Crippen molar-refractivity contribution in [3.8, 4) is 5.75 Å². The lowest BCUT2D eigenvalue weighted by atomic mass is 9.68. The molecule has 246 valence electrons. The number of hydrogen-bond acceptors (Lipinski definition) is 7. The minimum atomic E-state index is -4.75. The molecule has 2 aliphatic heterocycles. The number of carbonyl (C=O) groups is 3. The molecular weight excluding hydrogens is 664 g/mol. The smallest absolute Gasteiger partial charge is 0.418 e. The van der Waals surface area contributed by atoms with Crippen molar-refractivity contribution < 1.29 is 32.3 Å². The first kappa shape index (κ1) is 30.9. The highest BCUT2D eigenvalue weighted by atomic mass is 32.2. The Kier molecular flexibility index (Phi) is 7.33. The number of alkyl halides is 3. The second-order valence-corrected chi connectivity index (χ2v) is 14.9. The van der Waals surface area contributed by atoms with E-state index in [2.05, 4.69) is 10.3 Å². The number of anilines is 2. The van der Waals surface area contributed by atoms with E-state index in [1.165, 1.54) is 30.0 Å². The van der Waals surface area contributed by atoms with Gasteiger partial charge in [-0.05, 0) is 67.0 Å². The van der Waals surface area contributed by atoms with Crippen LogP contribution in [0.15, 0.2) is 82.6 Å². The number of para-hydroxylation sites is 2. The quantitative estimate of drug-likeness (QED) is 0.225. The average molecular weight is 692 g/mol. The molecule has 6 unspecified atom stereocenters. The molecule has 4 aliphatic rings. The highest BCUT2D eigenvalue weighted by Crippen LogP contribution is 2.69. The van der Waals surface area contributed by atoms with Crippen molar-refractivity contribution in [2.24, 2.45) is 29.6 Å². The second-order valence-electron chi connectivity index (χ2n) is 12.7. The lowest BCUT2D eigenvalue weighted by Gasteiger charge is -2.43. The van der Waals surface area contributed by atoms with Crippen molar-refractivity contribution >= 4 is 52.2 Å². The standard InChI is InChI=1S/C35H28F3N3O5S2/c1-16-7-6-8-17(13-16)39-24(42)15-46-23-12-5-2-9-18(23)25-26-19-14-20(29(26)47-31-30(25)48-34(45)40-31)28-27(19)32(43)41(33(28)44)22-11-4-3-10-21(22)35(36,37)38/h2-13,19-20,25-29H,14-15H2,1H3,(H,39,42)(H,40,45)/t19?,20?,25-,26?,27?,28?,29?/m1/s1. The number of hydrogen-bond donors (Lipinski definition) is 2. The number of nitrogens with zero attached hydrogens (tertiary/aromatic N) is 1. The van der Waals surface area contributed by atoms with Gasteiger partial charge in [-0.2, -0.15) is 13.2 Å². The molecule has 2 bridgehead atoms. The summed E-state index contributed by atoms with van der Waals surface area (Å²) in [5.74, 6) is -3.83. The van der Waals surface area contributed by atoms with Gasteiger partial charge in [0.25, 0.3) is 5.91 Å². The first-order chi connectivity index (χ1) is 23.0. The maximum absolute atomic E-state index is 14.1. The van der Waals surface area contributed by atoms with E-state index in [1.54, 1.807) is 18.2 Å². The third-order valence-corrected chi connectivity index (χ3v) is 12.7. The summed E-state index contributed by atoms with van der Waals surface area (Å²) in [7, 11) is 0. The van der Waals surface area contributed by atoms with Crippen LogP contribution in [0.5, 0.6) is 5.75 Å². The number of imide groups is 1. The molecule has 8 rings (SSSR count). The van der Waals surface area contributed by atoms with E-state index < -0.39 is 47.0 Å². The molecule has 1 aromatic heterocycles. The molecule has 48 heavy (non-hydrogen) atoms. The van der Waals surface area contributed by atoms with Gasteiger partial charge in [-0.1, -0.05) is 53.8 Å². The zero-order chi connectivity index (χ0) is 33.5. The van der Waals surface area contributed by atoms with Gasteiger partial charge in [0.05, 0.1) is 28.1 Å². The lowest BCUT2D eigenvalue weighted by Crippen LogP contribution is -2.42. The second kappa shape index (κ2) is 11.4. The van der Waals surface area contributed by atoms with Crippen LogP contribution in [-0.4, -0.2) is 34.6 Å². The number of rotatable bonds is 6. The van der Waals surface area contributed by atoms with Crippen LogP contribution in [0.2, 0.25) is 0 Å². The highest BCUT2D eigenvalue weighted by Gasteiger charge is 2.70. The predicted octanol–water partition coefficient (Wildman–Crippen LogP) is 6.46. The van der Waals surface area contributed by atoms with E-state index >= 15 is 0 Å². The summed E-state index contributed by atoms with van der Waals surface area (Å²) in [6.45, 7) is 1.65. The van der Waals surface area contributed by atoms with Crippen molar-refractivity contribution in [1.29, 1.82) is 0 Å². The third-order valence-electron chi connectivity index (χ3n) is 10.1. The number of benzene rings is 3. The molecule has 3 fully saturated rings. The summed E-state index contributed by atoms with van der Waals surface area (Å²) in [5.41, 5.74) is 0.916. The molecule has 13 heteroatoms. The number of aromatic amines is 1. The largest absolute Gasteiger partial charge is 0.483 e. The molecule has 3 amide bonds. The van der Waals surface area contributed by atoms with Gasteiger partial charge in [0.15, 0.2) is 6.61 Å². The predicted molar refractivity (Wildman–Crippen MR) is 174 cm³/mol. The molecular formula is C35H28F3N3O5S2. The molecule has 2 N–H and O–H groups in total. The summed E-state index contributed by atoms with van der Waals surface area (Å²) >= 11 is 2.56. The van der Waals surface area contributed by atoms with Crippen LogP contribution in [0, 0.1) is 36.5 Å². The number of thioether (sulfide) groups is 1. The van der Waals surface area contributed by atoms with Crippen LogP contribution in [0.4, 0.5) is 24.5 Å². The Morgan fingerprint density at radius 3 is 2.48 bits per heavy atom. The maximum Gasteiger partial charge on any atom is 0.418 e. The Morgan fingerprint density at radius 2 is 1.71 bits per heavy atom. The summed E-state index contributed by atoms with van der Waals surface area (Å²) in [6.07, 6.45) is -4.18. The molecule has 7 atom stereocenters. The van der Waals surface area contributed by atoms with Crippen molar-refractivity contribution in [1.82, 2.24) is 4.98 Å². The van der Waals surface area contributed by atoms with Crippen molar-refractivity contribution in [2.75, 3.05) is 16.8 Å². The molecule has 8 nitrogen and oxygen atoms in total. The molecule has 0 spiro atoms. The fourth-order valence-electron chi connectivity index (χ4n) is 8.44. The Labute approximate surface area is 280 Å². The van der Waals surface area contributed by atoms with Crippen LogP contribution in [0.1, 0.15) is 33.9 Å². The monoisotopic (exact) mass is 691 g/mol. The summed E-state index contributed by atoms with van der Waals surface area (Å²) in [6, 6.07) is 19.4. The van der Waals surface area contributed by atoms with E-state index in [9.17, 15) is 32.3 Å². The molecule has 1 saturated heterocycles. The minimum Gasteiger partial charge on any atom is -0.483 e. The van der Waals surface area contributed by atoms with E-state index in [0.29, 0.717) is 22.9 Å². The SMILES string of the molecule is Cc1cccc(NC(=O)COc2ccccc2[C@H]2c3sc(=O)[nH]c3SC3C4CC(C5C(=O)N(c6ccccc6C(F)(F)F)C(=O)C45)C32)c1. The Bertz CT molecular complexity index is 2040. The van der Waals surface area contributed by atoms with Gasteiger partial charge in [0, 0.05) is 27.3 Å². The number of fused-ring (bicyclic) bond motifs is 9. The van der Waals surface area contributed by atoms with Gasteiger partial charge in [-0.3, -0.25) is 19.2 Å². The Hall–Kier alpha value is -4.36. The van der Waals surface area contributed by atoms with Crippen LogP contribution in [0.25, 0.3) is 0 Å². The third kappa shape index (κ3) is 4.89. The van der Waals surface area contributed by atoms with Crippen molar-refractivity contribution in [3.63, 3.8) is 0 Å². The topological polar surface area (TPSA) is 109 Å². The summed E-state index contributed by atoms with van der Waals surface area (Å²) in [4.78, 5) is 57.8. The number of H-pyrrole nitrogens is 1. The number of halogens is 3. The van der Waals surface area contributed by atoms with E-state index in [-0.39, 0.29) is 40.4 Å². The first-order valence-electron chi connectivity index (χ1n) is 15.5. The number of nitrogens with one attached hydrogen (secondary N) is 2. The van der Waals surface area contributed by atoms with Crippen molar-refractivity contribution in [2.45, 2.75) is 35.7 Å². The van der Waals surface area contributed by atoms with Crippen LogP contribution in [-0.2, 0) is 20.6 Å². The number of carbonyl (C=O) groups excluding carboxylic acids is 3. The van der Waals surface area contributed by atoms with E-state index in [4.69, 9.17) is 4.74 Å². The minimum absolute atomic E-state index is 0.175. The summed E-state index contributed by atoms with van der Waals surface area (Å²) < 4.78 is 48.1. The van der Waals surface area contributed by atoms with Crippen LogP contribution in [0.3, 0.4) is 0 Å². The highest BCUT2D eigenvalue weighted by molar-refractivity contribution is 8.00. The number of thiazole rings is 1. The molecule has 4 aromatic rings. The number of amides is 3. The fourth-order valence-corrected chi connectivity index (χ4v) is 11.3. The molecule has 2 saturated carbocycles. The summed E-state index contributed by atoms with van der Waals surface area (Å²) in [5, 5.41) is 3.35. The van der Waals surface area contributed by atoms with Gasteiger partial charge < -0.3 is 15.0 Å². The van der Waals surface area contributed by atoms with E-state index in [1.807, 2.05) is 37.3 Å². The maximum atomic E-state index is 14.1. The molecule has 3 aromatic carbocycles. The van der Waals surface area contributed by atoms with Crippen molar-refractivity contribution in [3.05, 3.63) is 104 Å². The number of ether oxygens (including phenoxy) is 1. The molecule has 2 aliphatic carbocycles. The zero-order valence-electron chi connectivity index (χ0n) is 25.3. The lowest BCUT2D eigenvalue weighted by molar-refractivity contribution is -0.137. The van der Waals surface area contributed by atoms with Crippen LogP contribution < -0.4 is 19.8 Å². The van der Waals surface area contributed by atoms with Gasteiger partial charge in [0.1, 0.15) is 5.75 Å². The number of aryl methyl sites for hydroxylation is 1. The number of aromatic nitrogens is 1. The van der Waals surface area contributed by atoms with Gasteiger partial charge >= 0.3 is 11.0 Å². The van der Waals surface area contributed by atoms with Gasteiger partial charge in [-0.15, -0.1) is 11.8 Å². The van der Waals surface area contributed by atoms with Gasteiger partial charge in [-0.25, -0.2) is 4.90 Å². The zero-order valence-corrected chi connectivity index (χ0v) is 27.0. The Balaban J connectivity index is 1.13. The van der Waals surface area contributed by atoms with Crippen LogP contribution >= 0.6 is 23.1 Å². The molecule has 3 heterocycles. The normalized spacial score (nSPS) is 27.1. The van der Waals surface area contributed by atoms with Gasteiger partial charge in [0.2, 0.25) is 11.8 Å². The Morgan fingerprint density at radius 1 is 0.979 bits per heavy atom.